The molecule has 2 aromatic heterocycles. The summed E-state index contributed by atoms with van der Waals surface area (Å²) in [7, 11) is 0. The van der Waals surface area contributed by atoms with Crippen LogP contribution in [0.15, 0.2) is 51.6 Å². The number of hydrogen-bond acceptors (Lipinski definition) is 3. The number of carbonyl (C=O) groups excluding carboxylic acids is 1. The quantitative estimate of drug-likeness (QED) is 0.779. The number of thiophene rings is 1. The van der Waals surface area contributed by atoms with Crippen LogP contribution in [0.1, 0.15) is 18.2 Å². The molecule has 3 rings (SSSR count). The Balaban J connectivity index is 1.58. The highest BCUT2D eigenvalue weighted by Gasteiger charge is 2.12. The van der Waals surface area contributed by atoms with Gasteiger partial charge in [0.1, 0.15) is 11.3 Å². The monoisotopic (exact) mass is 299 g/mol. The van der Waals surface area contributed by atoms with Crippen molar-refractivity contribution in [1.82, 2.24) is 5.32 Å². The second kappa shape index (κ2) is 6.14. The Morgan fingerprint density at radius 1 is 1.33 bits per heavy atom. The molecule has 0 bridgehead atoms. The topological polar surface area (TPSA) is 42.2 Å². The van der Waals surface area contributed by atoms with Gasteiger partial charge in [0.2, 0.25) is 5.91 Å². The molecule has 21 heavy (non-hydrogen) atoms. The van der Waals surface area contributed by atoms with Crippen LogP contribution < -0.4 is 5.32 Å². The average molecular weight is 299 g/mol. The van der Waals surface area contributed by atoms with E-state index in [-0.39, 0.29) is 11.9 Å². The summed E-state index contributed by atoms with van der Waals surface area (Å²) < 4.78 is 5.78. The molecule has 4 heteroatoms. The summed E-state index contributed by atoms with van der Waals surface area (Å²) >= 11 is 1.61. The molecule has 0 fully saturated rings. The average Bonchev–Trinajstić information content (AvgIpc) is 3.06. The van der Waals surface area contributed by atoms with Crippen LogP contribution in [0, 0.1) is 0 Å². The number of para-hydroxylation sites is 1. The molecule has 108 valence electrons. The summed E-state index contributed by atoms with van der Waals surface area (Å²) in [6, 6.07) is 12.0. The van der Waals surface area contributed by atoms with E-state index in [0.717, 1.165) is 22.3 Å². The predicted molar refractivity (Wildman–Crippen MR) is 85.5 cm³/mol. The van der Waals surface area contributed by atoms with Crippen molar-refractivity contribution in [3.8, 4) is 0 Å². The van der Waals surface area contributed by atoms with Crippen molar-refractivity contribution in [2.24, 2.45) is 0 Å². The van der Waals surface area contributed by atoms with Crippen LogP contribution in [0.5, 0.6) is 0 Å². The SMILES string of the molecule is CC(Cc1cc2ccccc2o1)NC(=O)Cc1ccsc1. The maximum absolute atomic E-state index is 11.9. The molecule has 0 spiro atoms. The van der Waals surface area contributed by atoms with Crippen LogP contribution in [0.4, 0.5) is 0 Å². The van der Waals surface area contributed by atoms with Gasteiger partial charge in [-0.15, -0.1) is 0 Å². The van der Waals surface area contributed by atoms with E-state index < -0.39 is 0 Å². The molecule has 1 amide bonds. The van der Waals surface area contributed by atoms with Crippen LogP contribution >= 0.6 is 11.3 Å². The molecule has 2 heterocycles. The van der Waals surface area contributed by atoms with Gasteiger partial charge < -0.3 is 9.73 Å². The highest BCUT2D eigenvalue weighted by molar-refractivity contribution is 7.07. The zero-order valence-electron chi connectivity index (χ0n) is 11.8. The largest absolute Gasteiger partial charge is 0.461 e. The second-order valence-electron chi connectivity index (χ2n) is 5.23. The van der Waals surface area contributed by atoms with Crippen LogP contribution in [-0.2, 0) is 17.6 Å². The van der Waals surface area contributed by atoms with Crippen molar-refractivity contribution < 1.29 is 9.21 Å². The molecule has 1 aromatic carbocycles. The normalized spacial score (nSPS) is 12.4. The lowest BCUT2D eigenvalue weighted by Gasteiger charge is -2.12. The number of amides is 1. The molecule has 0 aliphatic carbocycles. The molecule has 0 saturated carbocycles. The molecule has 3 nitrogen and oxygen atoms in total. The van der Waals surface area contributed by atoms with Crippen LogP contribution in [-0.4, -0.2) is 11.9 Å². The first-order valence-electron chi connectivity index (χ1n) is 6.98. The van der Waals surface area contributed by atoms with Gasteiger partial charge in [-0.05, 0) is 41.4 Å². The van der Waals surface area contributed by atoms with E-state index in [4.69, 9.17) is 4.42 Å². The molecule has 0 aliphatic rings. The zero-order chi connectivity index (χ0) is 14.7. The highest BCUT2D eigenvalue weighted by atomic mass is 32.1. The van der Waals surface area contributed by atoms with Crippen LogP contribution in [0.3, 0.4) is 0 Å². The van der Waals surface area contributed by atoms with Gasteiger partial charge in [0.05, 0.1) is 6.42 Å². The summed E-state index contributed by atoms with van der Waals surface area (Å²) in [6.07, 6.45) is 1.14. The molecule has 0 aliphatic heterocycles. The van der Waals surface area contributed by atoms with Crippen molar-refractivity contribution in [1.29, 1.82) is 0 Å². The fourth-order valence-corrected chi connectivity index (χ4v) is 3.06. The van der Waals surface area contributed by atoms with Crippen molar-refractivity contribution in [2.45, 2.75) is 25.8 Å². The number of furan rings is 1. The number of rotatable bonds is 5. The summed E-state index contributed by atoms with van der Waals surface area (Å²) in [4.78, 5) is 11.9. The van der Waals surface area contributed by atoms with Gasteiger partial charge in [0, 0.05) is 17.8 Å². The lowest BCUT2D eigenvalue weighted by molar-refractivity contribution is -0.121. The van der Waals surface area contributed by atoms with E-state index in [0.29, 0.717) is 12.8 Å². The zero-order valence-corrected chi connectivity index (χ0v) is 12.7. The number of fused-ring (bicyclic) bond motifs is 1. The molecule has 1 N–H and O–H groups in total. The van der Waals surface area contributed by atoms with E-state index in [1.807, 2.05) is 54.1 Å². The molecular weight excluding hydrogens is 282 g/mol. The molecule has 0 saturated heterocycles. The van der Waals surface area contributed by atoms with Crippen molar-refractivity contribution in [3.05, 3.63) is 58.5 Å². The van der Waals surface area contributed by atoms with Gasteiger partial charge >= 0.3 is 0 Å². The van der Waals surface area contributed by atoms with E-state index in [9.17, 15) is 4.79 Å². The number of carbonyl (C=O) groups is 1. The first-order valence-corrected chi connectivity index (χ1v) is 7.93. The minimum absolute atomic E-state index is 0.0525. The third kappa shape index (κ3) is 3.52. The fourth-order valence-electron chi connectivity index (χ4n) is 2.39. The molecular formula is C17H17NO2S. The lowest BCUT2D eigenvalue weighted by Crippen LogP contribution is -2.34. The molecule has 0 radical (unpaired) electrons. The Morgan fingerprint density at radius 2 is 2.19 bits per heavy atom. The summed E-state index contributed by atoms with van der Waals surface area (Å²) in [5, 5.41) is 8.11. The molecule has 1 atom stereocenters. The smallest absolute Gasteiger partial charge is 0.224 e. The molecule has 1 unspecified atom stereocenters. The first-order chi connectivity index (χ1) is 10.2. The van der Waals surface area contributed by atoms with E-state index in [1.54, 1.807) is 11.3 Å². The Morgan fingerprint density at radius 3 is 2.95 bits per heavy atom. The Kier molecular flexibility index (Phi) is 4.06. The van der Waals surface area contributed by atoms with Crippen molar-refractivity contribution >= 4 is 28.2 Å². The second-order valence-corrected chi connectivity index (χ2v) is 6.01. The van der Waals surface area contributed by atoms with Gasteiger partial charge in [-0.1, -0.05) is 18.2 Å². The van der Waals surface area contributed by atoms with Crippen molar-refractivity contribution in [3.63, 3.8) is 0 Å². The van der Waals surface area contributed by atoms with Crippen LogP contribution in [0.2, 0.25) is 0 Å². The third-order valence-corrected chi connectivity index (χ3v) is 4.07. The standard InChI is InChI=1S/C17H17NO2S/c1-12(18-17(19)9-13-6-7-21-11-13)8-15-10-14-4-2-3-5-16(14)20-15/h2-7,10-12H,8-9H2,1H3,(H,18,19). The maximum Gasteiger partial charge on any atom is 0.224 e. The third-order valence-electron chi connectivity index (χ3n) is 3.34. The van der Waals surface area contributed by atoms with Gasteiger partial charge in [0.25, 0.3) is 0 Å². The fraction of sp³-hybridized carbons (Fsp3) is 0.235. The summed E-state index contributed by atoms with van der Waals surface area (Å²) in [5.74, 6) is 0.955. The van der Waals surface area contributed by atoms with Crippen molar-refractivity contribution in [2.75, 3.05) is 0 Å². The predicted octanol–water partition coefficient (Wildman–Crippen LogP) is 3.78. The Bertz CT molecular complexity index is 697. The first kappa shape index (κ1) is 13.9. The highest BCUT2D eigenvalue weighted by Crippen LogP contribution is 2.19. The summed E-state index contributed by atoms with van der Waals surface area (Å²) in [6.45, 7) is 2.00. The lowest BCUT2D eigenvalue weighted by atomic mass is 10.1. The van der Waals surface area contributed by atoms with E-state index in [2.05, 4.69) is 5.32 Å². The Hall–Kier alpha value is -2.07. The van der Waals surface area contributed by atoms with Gasteiger partial charge in [-0.25, -0.2) is 0 Å². The van der Waals surface area contributed by atoms with Crippen LogP contribution in [0.25, 0.3) is 11.0 Å². The summed E-state index contributed by atoms with van der Waals surface area (Å²) in [5.41, 5.74) is 1.96. The minimum Gasteiger partial charge on any atom is -0.461 e. The number of benzene rings is 1. The van der Waals surface area contributed by atoms with Gasteiger partial charge in [-0.3, -0.25) is 4.79 Å². The molecule has 3 aromatic rings. The van der Waals surface area contributed by atoms with E-state index in [1.165, 1.54) is 0 Å². The van der Waals surface area contributed by atoms with Gasteiger partial charge in [0.15, 0.2) is 0 Å². The number of hydrogen-bond donors (Lipinski definition) is 1. The minimum atomic E-state index is 0.0525. The Labute approximate surface area is 127 Å². The van der Waals surface area contributed by atoms with E-state index >= 15 is 0 Å². The maximum atomic E-state index is 11.9. The number of nitrogens with one attached hydrogen (secondary N) is 1. The van der Waals surface area contributed by atoms with Gasteiger partial charge in [-0.2, -0.15) is 11.3 Å².